The quantitative estimate of drug-likeness (QED) is 0.635. The Balaban J connectivity index is 2.50. The molecule has 0 aliphatic carbocycles. The Morgan fingerprint density at radius 2 is 2.00 bits per heavy atom. The van der Waals surface area contributed by atoms with E-state index in [1.54, 1.807) is 24.5 Å². The van der Waals surface area contributed by atoms with Crippen LogP contribution in [-0.2, 0) is 9.59 Å². The number of amides is 2. The van der Waals surface area contributed by atoms with Gasteiger partial charge in [-0.1, -0.05) is 0 Å². The molecule has 0 fully saturated rings. The third-order valence-corrected chi connectivity index (χ3v) is 1.30. The van der Waals surface area contributed by atoms with Crippen LogP contribution in [0.5, 0.6) is 0 Å². The Labute approximate surface area is 75.0 Å². The van der Waals surface area contributed by atoms with E-state index in [1.807, 2.05) is 0 Å². The fraction of sp³-hybridized carbons (Fsp3) is 0.125. The van der Waals surface area contributed by atoms with Gasteiger partial charge in [-0.15, -0.1) is 0 Å². The van der Waals surface area contributed by atoms with E-state index in [0.29, 0.717) is 5.69 Å². The molecular weight excluding hydrogens is 170 g/mol. The summed E-state index contributed by atoms with van der Waals surface area (Å²) in [5, 5.41) is 2.49. The highest BCUT2D eigenvalue weighted by Gasteiger charge is 2.04. The molecule has 1 heterocycles. The maximum atomic E-state index is 11.0. The maximum Gasteiger partial charge on any atom is 0.233 e. The second-order valence-electron chi connectivity index (χ2n) is 2.43. The van der Waals surface area contributed by atoms with E-state index < -0.39 is 11.8 Å². The Kier molecular flexibility index (Phi) is 2.97. The van der Waals surface area contributed by atoms with E-state index >= 15 is 0 Å². The monoisotopic (exact) mass is 179 g/mol. The summed E-state index contributed by atoms with van der Waals surface area (Å²) in [5.41, 5.74) is 5.43. The molecule has 0 bridgehead atoms. The van der Waals surface area contributed by atoms with Gasteiger partial charge >= 0.3 is 0 Å². The van der Waals surface area contributed by atoms with Crippen molar-refractivity contribution in [2.45, 2.75) is 6.42 Å². The van der Waals surface area contributed by atoms with Gasteiger partial charge in [-0.05, 0) is 12.1 Å². The van der Waals surface area contributed by atoms with E-state index in [0.717, 1.165) is 0 Å². The number of primary amides is 1. The molecule has 0 radical (unpaired) electrons. The first-order chi connectivity index (χ1) is 6.18. The lowest BCUT2D eigenvalue weighted by Crippen LogP contribution is -2.21. The van der Waals surface area contributed by atoms with Gasteiger partial charge in [0.05, 0.1) is 0 Å². The number of hydrogen-bond donors (Lipinski definition) is 2. The van der Waals surface area contributed by atoms with Crippen LogP contribution in [0.15, 0.2) is 24.5 Å². The van der Waals surface area contributed by atoms with Crippen LogP contribution < -0.4 is 11.1 Å². The Morgan fingerprint density at radius 3 is 2.54 bits per heavy atom. The summed E-state index contributed by atoms with van der Waals surface area (Å²) in [4.78, 5) is 25.1. The summed E-state index contributed by atoms with van der Waals surface area (Å²) < 4.78 is 0. The van der Waals surface area contributed by atoms with Crippen LogP contribution >= 0.6 is 0 Å². The summed E-state index contributed by atoms with van der Waals surface area (Å²) in [5.74, 6) is -1.06. The van der Waals surface area contributed by atoms with Gasteiger partial charge in [0.1, 0.15) is 6.42 Å². The van der Waals surface area contributed by atoms with E-state index in [-0.39, 0.29) is 6.42 Å². The molecule has 0 unspecified atom stereocenters. The zero-order valence-electron chi connectivity index (χ0n) is 6.86. The van der Waals surface area contributed by atoms with E-state index in [9.17, 15) is 9.59 Å². The Morgan fingerprint density at radius 1 is 1.38 bits per heavy atom. The van der Waals surface area contributed by atoms with Crippen molar-refractivity contribution in [2.75, 3.05) is 5.32 Å². The van der Waals surface area contributed by atoms with Crippen LogP contribution in [0.2, 0.25) is 0 Å². The largest absolute Gasteiger partial charge is 0.369 e. The second kappa shape index (κ2) is 4.20. The summed E-state index contributed by atoms with van der Waals surface area (Å²) in [6.45, 7) is 0. The number of carbonyl (C=O) groups is 2. The van der Waals surface area contributed by atoms with Crippen LogP contribution in [-0.4, -0.2) is 16.8 Å². The number of anilines is 1. The normalized spacial score (nSPS) is 9.23. The van der Waals surface area contributed by atoms with Crippen LogP contribution in [0.4, 0.5) is 5.69 Å². The molecule has 1 aromatic heterocycles. The van der Waals surface area contributed by atoms with Crippen molar-refractivity contribution in [1.82, 2.24) is 4.98 Å². The molecule has 0 aromatic carbocycles. The van der Waals surface area contributed by atoms with Gasteiger partial charge in [-0.25, -0.2) is 0 Å². The highest BCUT2D eigenvalue weighted by molar-refractivity contribution is 6.02. The van der Waals surface area contributed by atoms with Crippen LogP contribution in [0.3, 0.4) is 0 Å². The molecule has 68 valence electrons. The van der Waals surface area contributed by atoms with E-state index in [2.05, 4.69) is 10.3 Å². The molecule has 0 saturated carbocycles. The summed E-state index contributed by atoms with van der Waals surface area (Å²) in [7, 11) is 0. The molecule has 0 spiro atoms. The number of hydrogen-bond acceptors (Lipinski definition) is 3. The standard InChI is InChI=1S/C8H9N3O2/c9-7(12)5-8(13)11-6-1-3-10-4-2-6/h1-4H,5H2,(H2,9,12)(H,10,11,13). The number of pyridine rings is 1. The zero-order chi connectivity index (χ0) is 9.68. The van der Waals surface area contributed by atoms with E-state index in [1.165, 1.54) is 0 Å². The van der Waals surface area contributed by atoms with Gasteiger partial charge in [0.15, 0.2) is 0 Å². The average molecular weight is 179 g/mol. The molecule has 1 rings (SSSR count). The fourth-order valence-corrected chi connectivity index (χ4v) is 0.799. The fourth-order valence-electron chi connectivity index (χ4n) is 0.799. The third kappa shape index (κ3) is 3.33. The zero-order valence-corrected chi connectivity index (χ0v) is 6.86. The number of nitrogens with zero attached hydrogens (tertiary/aromatic N) is 1. The minimum atomic E-state index is -0.647. The molecule has 5 nitrogen and oxygen atoms in total. The number of nitrogens with one attached hydrogen (secondary N) is 1. The van der Waals surface area contributed by atoms with Crippen molar-refractivity contribution in [3.63, 3.8) is 0 Å². The number of carbonyl (C=O) groups excluding carboxylic acids is 2. The van der Waals surface area contributed by atoms with Crippen molar-refractivity contribution >= 4 is 17.5 Å². The Hall–Kier alpha value is -1.91. The minimum absolute atomic E-state index is 0.303. The lowest BCUT2D eigenvalue weighted by atomic mass is 10.3. The SMILES string of the molecule is NC(=O)CC(=O)Nc1ccncc1. The van der Waals surface area contributed by atoms with Gasteiger partial charge in [-0.3, -0.25) is 14.6 Å². The van der Waals surface area contributed by atoms with Crippen molar-refractivity contribution in [1.29, 1.82) is 0 Å². The van der Waals surface area contributed by atoms with Gasteiger partial charge < -0.3 is 11.1 Å². The molecule has 2 amide bonds. The summed E-state index contributed by atoms with van der Waals surface area (Å²) >= 11 is 0. The first-order valence-corrected chi connectivity index (χ1v) is 3.66. The minimum Gasteiger partial charge on any atom is -0.369 e. The molecule has 5 heteroatoms. The molecule has 3 N–H and O–H groups in total. The lowest BCUT2D eigenvalue weighted by molar-refractivity contribution is -0.124. The molecule has 13 heavy (non-hydrogen) atoms. The van der Waals surface area contributed by atoms with E-state index in [4.69, 9.17) is 5.73 Å². The molecule has 0 saturated heterocycles. The topological polar surface area (TPSA) is 85.1 Å². The van der Waals surface area contributed by atoms with Crippen LogP contribution in [0, 0.1) is 0 Å². The molecular formula is C8H9N3O2. The highest BCUT2D eigenvalue weighted by Crippen LogP contribution is 2.03. The predicted molar refractivity (Wildman–Crippen MR) is 46.7 cm³/mol. The highest BCUT2D eigenvalue weighted by atomic mass is 16.2. The van der Waals surface area contributed by atoms with Gasteiger partial charge in [0, 0.05) is 18.1 Å². The molecule has 1 aromatic rings. The van der Waals surface area contributed by atoms with Gasteiger partial charge in [0.25, 0.3) is 0 Å². The molecule has 0 aliphatic rings. The second-order valence-corrected chi connectivity index (χ2v) is 2.43. The lowest BCUT2D eigenvalue weighted by Gasteiger charge is -2.01. The third-order valence-electron chi connectivity index (χ3n) is 1.30. The number of nitrogens with two attached hydrogens (primary N) is 1. The van der Waals surface area contributed by atoms with Crippen molar-refractivity contribution < 1.29 is 9.59 Å². The molecule has 0 atom stereocenters. The van der Waals surface area contributed by atoms with Crippen molar-refractivity contribution in [2.24, 2.45) is 5.73 Å². The van der Waals surface area contributed by atoms with Crippen molar-refractivity contribution in [3.8, 4) is 0 Å². The summed E-state index contributed by atoms with van der Waals surface area (Å²) in [6, 6.07) is 3.25. The number of rotatable bonds is 3. The predicted octanol–water partition coefficient (Wildman–Crippen LogP) is -0.105. The van der Waals surface area contributed by atoms with Crippen LogP contribution in [0.25, 0.3) is 0 Å². The van der Waals surface area contributed by atoms with Gasteiger partial charge in [-0.2, -0.15) is 0 Å². The summed E-state index contributed by atoms with van der Waals surface area (Å²) in [6.07, 6.45) is 2.78. The van der Waals surface area contributed by atoms with Crippen LogP contribution in [0.1, 0.15) is 6.42 Å². The molecule has 0 aliphatic heterocycles. The first kappa shape index (κ1) is 9.18. The average Bonchev–Trinajstić information content (AvgIpc) is 2.04. The smallest absolute Gasteiger partial charge is 0.233 e. The first-order valence-electron chi connectivity index (χ1n) is 3.66. The number of aromatic nitrogens is 1. The maximum absolute atomic E-state index is 11.0. The van der Waals surface area contributed by atoms with Gasteiger partial charge in [0.2, 0.25) is 11.8 Å². The van der Waals surface area contributed by atoms with Crippen molar-refractivity contribution in [3.05, 3.63) is 24.5 Å². The Bertz CT molecular complexity index is 310.